The van der Waals surface area contributed by atoms with Gasteiger partial charge in [-0.05, 0) is 35.6 Å². The second-order valence-corrected chi connectivity index (χ2v) is 6.73. The number of pyridine rings is 1. The predicted molar refractivity (Wildman–Crippen MR) is 92.3 cm³/mol. The van der Waals surface area contributed by atoms with Crippen molar-refractivity contribution in [3.63, 3.8) is 0 Å². The summed E-state index contributed by atoms with van der Waals surface area (Å²) in [6.45, 7) is -0.119. The second kappa shape index (κ2) is 6.30. The van der Waals surface area contributed by atoms with E-state index < -0.39 is 6.04 Å². The van der Waals surface area contributed by atoms with E-state index in [4.69, 9.17) is 0 Å². The number of carbonyl (C=O) groups is 1. The number of rotatable bonds is 4. The lowest BCUT2D eigenvalue weighted by Crippen LogP contribution is -2.65. The molecule has 25 heavy (non-hydrogen) atoms. The number of hydrogen-bond acceptors (Lipinski definition) is 4. The molecular weight excluding hydrogens is 314 g/mol. The lowest BCUT2D eigenvalue weighted by atomic mass is 9.75. The van der Waals surface area contributed by atoms with Gasteiger partial charge >= 0.3 is 0 Å². The molecule has 3 atom stereocenters. The Hall–Kier alpha value is -2.71. The Kier molecular flexibility index (Phi) is 3.98. The van der Waals surface area contributed by atoms with Crippen LogP contribution in [0.5, 0.6) is 0 Å². The molecular formula is C20H19N3O2. The number of aromatic nitrogens is 1. The van der Waals surface area contributed by atoms with Gasteiger partial charge in [0, 0.05) is 24.2 Å². The van der Waals surface area contributed by atoms with Crippen LogP contribution in [0.4, 0.5) is 0 Å². The van der Waals surface area contributed by atoms with E-state index in [2.05, 4.69) is 11.1 Å². The van der Waals surface area contributed by atoms with Crippen LogP contribution in [-0.2, 0) is 4.79 Å². The molecule has 5 nitrogen and oxygen atoms in total. The third-order valence-electron chi connectivity index (χ3n) is 5.20. The number of nitriles is 1. The van der Waals surface area contributed by atoms with Crippen LogP contribution in [0, 0.1) is 17.2 Å². The van der Waals surface area contributed by atoms with Gasteiger partial charge in [-0.15, -0.1) is 0 Å². The van der Waals surface area contributed by atoms with Crippen molar-refractivity contribution in [2.45, 2.75) is 30.8 Å². The summed E-state index contributed by atoms with van der Waals surface area (Å²) in [5.41, 5.74) is 3.07. The number of amides is 1. The monoisotopic (exact) mass is 333 g/mol. The van der Waals surface area contributed by atoms with E-state index in [0.717, 1.165) is 29.5 Å². The van der Waals surface area contributed by atoms with Crippen molar-refractivity contribution >= 4 is 5.91 Å². The van der Waals surface area contributed by atoms with Gasteiger partial charge in [-0.3, -0.25) is 9.78 Å². The van der Waals surface area contributed by atoms with E-state index in [0.29, 0.717) is 0 Å². The van der Waals surface area contributed by atoms with Gasteiger partial charge in [0.25, 0.3) is 0 Å². The molecule has 126 valence electrons. The lowest BCUT2D eigenvalue weighted by molar-refractivity contribution is -0.148. The molecule has 1 aromatic carbocycles. The molecule has 1 N–H and O–H groups in total. The first-order valence-corrected chi connectivity index (χ1v) is 8.57. The quantitative estimate of drug-likeness (QED) is 0.931. The molecule has 2 aromatic rings. The highest BCUT2D eigenvalue weighted by molar-refractivity contribution is 5.83. The largest absolute Gasteiger partial charge is 0.394 e. The number of aliphatic hydroxyl groups excluding tert-OH is 1. The minimum absolute atomic E-state index is 0.0221. The molecule has 0 radical (unpaired) electrons. The van der Waals surface area contributed by atoms with Crippen LogP contribution in [-0.4, -0.2) is 39.6 Å². The number of hydrogen-bond donors (Lipinski definition) is 1. The fourth-order valence-corrected chi connectivity index (χ4v) is 3.68. The SMILES string of the molecule is N#C[C@H]1[C@H](c2ccc(-c3cccnc3)cc2)[C@H](CO)N1C(=O)C1CC1. The lowest BCUT2D eigenvalue weighted by Gasteiger charge is -2.51. The van der Waals surface area contributed by atoms with Crippen LogP contribution in [0.3, 0.4) is 0 Å². The van der Waals surface area contributed by atoms with Gasteiger partial charge in [0.1, 0.15) is 6.04 Å². The number of nitrogens with zero attached hydrogens (tertiary/aromatic N) is 3. The van der Waals surface area contributed by atoms with E-state index >= 15 is 0 Å². The summed E-state index contributed by atoms with van der Waals surface area (Å²) >= 11 is 0. The Balaban J connectivity index is 1.58. The molecule has 2 aliphatic rings. The zero-order chi connectivity index (χ0) is 17.4. The molecule has 4 rings (SSSR count). The first kappa shape index (κ1) is 15.8. The van der Waals surface area contributed by atoms with Crippen molar-refractivity contribution in [2.75, 3.05) is 6.61 Å². The zero-order valence-corrected chi connectivity index (χ0v) is 13.7. The highest BCUT2D eigenvalue weighted by Crippen LogP contribution is 2.44. The Morgan fingerprint density at radius 1 is 1.24 bits per heavy atom. The predicted octanol–water partition coefficient (Wildman–Crippen LogP) is 2.34. The van der Waals surface area contributed by atoms with Gasteiger partial charge in [0.05, 0.1) is 18.7 Å². The molecule has 0 spiro atoms. The molecule has 1 saturated carbocycles. The fraction of sp³-hybridized carbons (Fsp3) is 0.350. The Morgan fingerprint density at radius 3 is 2.56 bits per heavy atom. The maximum Gasteiger partial charge on any atom is 0.227 e. The number of benzene rings is 1. The van der Waals surface area contributed by atoms with E-state index in [1.165, 1.54) is 0 Å². The van der Waals surface area contributed by atoms with Gasteiger partial charge in [-0.2, -0.15) is 5.26 Å². The first-order chi connectivity index (χ1) is 12.2. The van der Waals surface area contributed by atoms with Crippen molar-refractivity contribution in [3.05, 3.63) is 54.4 Å². The van der Waals surface area contributed by atoms with Crippen molar-refractivity contribution in [1.29, 1.82) is 5.26 Å². The number of likely N-dealkylation sites (tertiary alicyclic amines) is 1. The van der Waals surface area contributed by atoms with E-state index in [-0.39, 0.29) is 30.4 Å². The van der Waals surface area contributed by atoms with Crippen molar-refractivity contribution < 1.29 is 9.90 Å². The van der Waals surface area contributed by atoms with E-state index in [9.17, 15) is 15.2 Å². The molecule has 1 aliphatic carbocycles. The third kappa shape index (κ3) is 2.69. The summed E-state index contributed by atoms with van der Waals surface area (Å²) in [7, 11) is 0. The van der Waals surface area contributed by atoms with E-state index in [1.807, 2.05) is 42.6 Å². The van der Waals surface area contributed by atoms with Gasteiger partial charge in [-0.25, -0.2) is 0 Å². The molecule has 1 amide bonds. The topological polar surface area (TPSA) is 77.2 Å². The minimum atomic E-state index is -0.491. The van der Waals surface area contributed by atoms with Crippen LogP contribution < -0.4 is 0 Å². The average molecular weight is 333 g/mol. The second-order valence-electron chi connectivity index (χ2n) is 6.73. The van der Waals surface area contributed by atoms with Gasteiger partial charge < -0.3 is 10.0 Å². The average Bonchev–Trinajstić information content (AvgIpc) is 3.48. The van der Waals surface area contributed by atoms with Crippen molar-refractivity contribution in [3.8, 4) is 17.2 Å². The first-order valence-electron chi connectivity index (χ1n) is 8.57. The molecule has 0 unspecified atom stereocenters. The van der Waals surface area contributed by atoms with E-state index in [1.54, 1.807) is 11.1 Å². The summed E-state index contributed by atoms with van der Waals surface area (Å²) in [5.74, 6) is -0.0618. The summed E-state index contributed by atoms with van der Waals surface area (Å²) in [4.78, 5) is 18.1. The maximum atomic E-state index is 12.4. The van der Waals surface area contributed by atoms with Crippen molar-refractivity contribution in [1.82, 2.24) is 9.88 Å². The third-order valence-corrected chi connectivity index (χ3v) is 5.20. The minimum Gasteiger partial charge on any atom is -0.394 e. The van der Waals surface area contributed by atoms with Gasteiger partial charge in [0.2, 0.25) is 5.91 Å². The number of carbonyl (C=O) groups excluding carboxylic acids is 1. The molecule has 5 heteroatoms. The highest BCUT2D eigenvalue weighted by Gasteiger charge is 2.53. The van der Waals surface area contributed by atoms with Crippen molar-refractivity contribution in [2.24, 2.45) is 5.92 Å². The van der Waals surface area contributed by atoms with Crippen LogP contribution >= 0.6 is 0 Å². The Morgan fingerprint density at radius 2 is 2.00 bits per heavy atom. The summed E-state index contributed by atoms with van der Waals surface area (Å²) < 4.78 is 0. The maximum absolute atomic E-state index is 12.4. The van der Waals surface area contributed by atoms with Gasteiger partial charge in [0.15, 0.2) is 0 Å². The molecule has 1 saturated heterocycles. The Bertz CT molecular complexity index is 809. The normalized spacial score (nSPS) is 25.1. The smallest absolute Gasteiger partial charge is 0.227 e. The summed E-state index contributed by atoms with van der Waals surface area (Å²) in [6, 6.07) is 13.3. The summed E-state index contributed by atoms with van der Waals surface area (Å²) in [6.07, 6.45) is 5.34. The molecule has 1 aliphatic heterocycles. The van der Waals surface area contributed by atoms with Gasteiger partial charge in [-0.1, -0.05) is 30.3 Å². The Labute approximate surface area is 146 Å². The standard InChI is InChI=1S/C20H19N3O2/c21-10-17-19(18(12-24)23(17)20(25)15-7-8-15)14-5-3-13(4-6-14)16-2-1-9-22-11-16/h1-6,9,11,15,17-19,24H,7-8,12H2/t17-,18-,19-/m0/s1. The number of aliphatic hydroxyl groups is 1. The molecule has 2 heterocycles. The molecule has 0 bridgehead atoms. The highest BCUT2D eigenvalue weighted by atomic mass is 16.3. The van der Waals surface area contributed by atoms with Crippen LogP contribution in [0.1, 0.15) is 24.3 Å². The van der Waals surface area contributed by atoms with Crippen LogP contribution in [0.25, 0.3) is 11.1 Å². The fourth-order valence-electron chi connectivity index (χ4n) is 3.68. The molecule has 1 aromatic heterocycles. The van der Waals surface area contributed by atoms with Crippen LogP contribution in [0.15, 0.2) is 48.8 Å². The summed E-state index contributed by atoms with van der Waals surface area (Å²) in [5, 5.41) is 19.3. The zero-order valence-electron chi connectivity index (χ0n) is 13.7. The molecule has 2 fully saturated rings. The van der Waals surface area contributed by atoms with Crippen LogP contribution in [0.2, 0.25) is 0 Å².